The molecule has 0 bridgehead atoms. The molecule has 0 atom stereocenters. The van der Waals surface area contributed by atoms with Crippen molar-refractivity contribution in [3.63, 3.8) is 0 Å². The van der Waals surface area contributed by atoms with Crippen LogP contribution in [0.3, 0.4) is 0 Å². The molecule has 0 aliphatic carbocycles. The lowest BCUT2D eigenvalue weighted by Crippen LogP contribution is -2.47. The molecule has 3 nitrogen and oxygen atoms in total. The third-order valence-corrected chi connectivity index (χ3v) is 10.0. The summed E-state index contributed by atoms with van der Waals surface area (Å²) >= 11 is 0. The molecule has 38 heavy (non-hydrogen) atoms. The van der Waals surface area contributed by atoms with Crippen LogP contribution in [0.15, 0.2) is 72.8 Å². The molecule has 0 radical (unpaired) electrons. The summed E-state index contributed by atoms with van der Waals surface area (Å²) in [5.74, 6) is 0. The number of hydrogen-bond acceptors (Lipinski definition) is 3. The summed E-state index contributed by atoms with van der Waals surface area (Å²) in [6.45, 7) is 20.3. The lowest BCUT2D eigenvalue weighted by molar-refractivity contribution is 0.830. The number of benzene rings is 3. The number of nitrogens with one attached hydrogen (secondary N) is 3. The van der Waals surface area contributed by atoms with E-state index in [1.54, 1.807) is 5.19 Å². The van der Waals surface area contributed by atoms with Crippen LogP contribution in [0.4, 0.5) is 17.1 Å². The van der Waals surface area contributed by atoms with Gasteiger partial charge in [-0.05, 0) is 66.2 Å². The van der Waals surface area contributed by atoms with Crippen molar-refractivity contribution in [2.24, 2.45) is 0 Å². The van der Waals surface area contributed by atoms with Gasteiger partial charge in [0.25, 0.3) is 0 Å². The Morgan fingerprint density at radius 2 is 0.895 bits per heavy atom. The fourth-order valence-electron chi connectivity index (χ4n) is 4.70. The lowest BCUT2D eigenvalue weighted by atomic mass is 10.0. The van der Waals surface area contributed by atoms with E-state index in [1.165, 1.54) is 59.9 Å². The first-order valence-corrected chi connectivity index (χ1v) is 18.3. The molecule has 0 amide bonds. The van der Waals surface area contributed by atoms with Crippen LogP contribution in [0.1, 0.15) is 65.5 Å². The topological polar surface area (TPSA) is 36.1 Å². The first-order valence-electron chi connectivity index (χ1n) is 15.1. The van der Waals surface area contributed by atoms with Gasteiger partial charge < -0.3 is 16.0 Å². The molecule has 6 rings (SSSR count). The monoisotopic (exact) mass is 533 g/mol. The highest BCUT2D eigenvalue weighted by Crippen LogP contribution is 2.21. The minimum atomic E-state index is -1.07. The molecule has 0 saturated heterocycles. The summed E-state index contributed by atoms with van der Waals surface area (Å²) in [5, 5.41) is 11.8. The first-order chi connectivity index (χ1) is 18.6. The molecule has 3 aromatic carbocycles. The van der Waals surface area contributed by atoms with Crippen molar-refractivity contribution in [3.05, 3.63) is 83.9 Å². The minimum absolute atomic E-state index is 1.07. The molecule has 3 aliphatic heterocycles. The summed E-state index contributed by atoms with van der Waals surface area (Å²) in [6.07, 6.45) is 5.03. The van der Waals surface area contributed by atoms with Crippen LogP contribution in [0.5, 0.6) is 0 Å². The van der Waals surface area contributed by atoms with Crippen molar-refractivity contribution in [1.82, 2.24) is 0 Å². The predicted molar refractivity (Wildman–Crippen MR) is 177 cm³/mol. The van der Waals surface area contributed by atoms with E-state index in [-0.39, 0.29) is 0 Å². The second kappa shape index (κ2) is 19.4. The Morgan fingerprint density at radius 3 is 1.34 bits per heavy atom. The van der Waals surface area contributed by atoms with Gasteiger partial charge in [-0.25, -0.2) is 0 Å². The Hall–Kier alpha value is -2.72. The van der Waals surface area contributed by atoms with Crippen LogP contribution in [0.2, 0.25) is 19.1 Å². The maximum Gasteiger partial charge on any atom is 0.0850 e. The summed E-state index contributed by atoms with van der Waals surface area (Å²) in [4.78, 5) is 0. The molecule has 3 aliphatic rings. The highest BCUT2D eigenvalue weighted by atomic mass is 28.3. The molecular formula is C34H55N3Si. The lowest BCUT2D eigenvalue weighted by Gasteiger charge is -2.31. The van der Waals surface area contributed by atoms with E-state index in [1.807, 2.05) is 41.5 Å². The second-order valence-corrected chi connectivity index (χ2v) is 14.3. The molecule has 3 heterocycles. The number of rotatable bonds is 0. The van der Waals surface area contributed by atoms with Crippen LogP contribution < -0.4 is 21.1 Å². The van der Waals surface area contributed by atoms with Gasteiger partial charge in [-0.2, -0.15) is 0 Å². The minimum Gasteiger partial charge on any atom is -0.385 e. The number of para-hydroxylation sites is 3. The average molecular weight is 534 g/mol. The molecule has 0 aromatic heterocycles. The van der Waals surface area contributed by atoms with Crippen molar-refractivity contribution < 1.29 is 0 Å². The van der Waals surface area contributed by atoms with Crippen molar-refractivity contribution in [1.29, 1.82) is 0 Å². The molecule has 0 spiro atoms. The predicted octanol–water partition coefficient (Wildman–Crippen LogP) is 9.20. The van der Waals surface area contributed by atoms with Crippen molar-refractivity contribution in [3.8, 4) is 0 Å². The molecule has 0 fully saturated rings. The van der Waals surface area contributed by atoms with Gasteiger partial charge in [0, 0.05) is 36.7 Å². The van der Waals surface area contributed by atoms with E-state index < -0.39 is 8.07 Å². The van der Waals surface area contributed by atoms with Gasteiger partial charge in [0.05, 0.1) is 8.07 Å². The van der Waals surface area contributed by atoms with Gasteiger partial charge in [-0.3, -0.25) is 0 Å². The third kappa shape index (κ3) is 10.6. The number of hydrogen-bond donors (Lipinski definition) is 3. The summed E-state index contributed by atoms with van der Waals surface area (Å²) in [7, 11) is -1.07. The van der Waals surface area contributed by atoms with Crippen LogP contribution in [-0.2, 0) is 12.8 Å². The Bertz CT molecular complexity index is 914. The molecule has 0 unspecified atom stereocenters. The molecule has 3 N–H and O–H groups in total. The first kappa shape index (κ1) is 33.3. The zero-order valence-corrected chi connectivity index (χ0v) is 26.6. The largest absolute Gasteiger partial charge is 0.385 e. The van der Waals surface area contributed by atoms with Gasteiger partial charge in [-0.15, -0.1) is 0 Å². The molecule has 3 aromatic rings. The fraction of sp³-hybridized carbons (Fsp3) is 0.471. The molecule has 4 heteroatoms. The zero-order valence-electron chi connectivity index (χ0n) is 25.6. The third-order valence-electron chi connectivity index (χ3n) is 6.63. The maximum absolute atomic E-state index is 3.45. The summed E-state index contributed by atoms with van der Waals surface area (Å²) < 4.78 is 0. The van der Waals surface area contributed by atoms with Gasteiger partial charge in [0.2, 0.25) is 0 Å². The number of aryl methyl sites for hydroxylation is 2. The smallest absolute Gasteiger partial charge is 0.0850 e. The normalized spacial score (nSPS) is 14.8. The van der Waals surface area contributed by atoms with Crippen molar-refractivity contribution in [2.45, 2.75) is 86.4 Å². The quantitative estimate of drug-likeness (QED) is 0.252. The van der Waals surface area contributed by atoms with Crippen LogP contribution in [-0.4, -0.2) is 27.7 Å². The zero-order chi connectivity index (χ0) is 28.2. The molecular weight excluding hydrogens is 478 g/mol. The maximum atomic E-state index is 3.45. The highest BCUT2D eigenvalue weighted by Gasteiger charge is 2.28. The molecule has 210 valence electrons. The van der Waals surface area contributed by atoms with Crippen LogP contribution in [0, 0.1) is 0 Å². The standard InChI is InChI=1S/C10H15NSi.2C9H11N.3C2H6/c1-12(2)8-7-11-9-5-3-4-6-10(9)12;2*1-2-6-9-8(4-1)5-3-7-10-9;3*1-2/h3-6,11H,7-8H2,1-2H3;2*1-2,4,6,10H,3,5,7H2;3*1-2H3. The van der Waals surface area contributed by atoms with Gasteiger partial charge >= 0.3 is 0 Å². The van der Waals surface area contributed by atoms with Gasteiger partial charge in [-0.1, -0.05) is 109 Å². The Kier molecular flexibility index (Phi) is 17.0. The van der Waals surface area contributed by atoms with E-state index in [0.717, 1.165) is 19.6 Å². The Morgan fingerprint density at radius 1 is 0.500 bits per heavy atom. The van der Waals surface area contributed by atoms with Crippen LogP contribution >= 0.6 is 0 Å². The number of anilines is 3. The summed E-state index contributed by atoms with van der Waals surface area (Å²) in [5.41, 5.74) is 6.96. The second-order valence-electron chi connectivity index (χ2n) is 9.48. The Balaban J connectivity index is 0.000000260. The molecule has 0 saturated carbocycles. The van der Waals surface area contributed by atoms with Crippen molar-refractivity contribution in [2.75, 3.05) is 35.6 Å². The van der Waals surface area contributed by atoms with E-state index in [0.29, 0.717) is 0 Å². The van der Waals surface area contributed by atoms with Gasteiger partial charge in [0.15, 0.2) is 0 Å². The van der Waals surface area contributed by atoms with E-state index >= 15 is 0 Å². The fourth-order valence-corrected chi connectivity index (χ4v) is 7.16. The highest BCUT2D eigenvalue weighted by molar-refractivity contribution is 6.91. The van der Waals surface area contributed by atoms with Crippen molar-refractivity contribution >= 4 is 30.3 Å². The Labute approximate surface area is 235 Å². The van der Waals surface area contributed by atoms with E-state index in [4.69, 9.17) is 0 Å². The number of fused-ring (bicyclic) bond motifs is 3. The van der Waals surface area contributed by atoms with E-state index in [9.17, 15) is 0 Å². The SMILES string of the molecule is CC.CC.CC.C[Si]1(C)CCNc2ccccc21.c1ccc2c(c1)CCCN2.c1ccc2c(c1)CCCN2. The average Bonchev–Trinajstić information content (AvgIpc) is 3.01. The van der Waals surface area contributed by atoms with Crippen LogP contribution in [0.25, 0.3) is 0 Å². The van der Waals surface area contributed by atoms with Gasteiger partial charge in [0.1, 0.15) is 0 Å². The van der Waals surface area contributed by atoms with E-state index in [2.05, 4.69) is 102 Å². The summed E-state index contributed by atoms with van der Waals surface area (Å²) in [6, 6.07) is 27.2.